The summed E-state index contributed by atoms with van der Waals surface area (Å²) >= 11 is 12.6. The first kappa shape index (κ1) is 25.3. The number of nitrogens with zero attached hydrogens (tertiary/aromatic N) is 1. The van der Waals surface area contributed by atoms with Gasteiger partial charge in [0.2, 0.25) is 0 Å². The number of nitrogens with one attached hydrogen (secondary N) is 1. The number of benzene rings is 3. The van der Waals surface area contributed by atoms with Gasteiger partial charge in [0.1, 0.15) is 12.4 Å². The fourth-order valence-electron chi connectivity index (χ4n) is 2.95. The minimum atomic E-state index is -0.420. The number of hydrogen-bond donors (Lipinski definition) is 1. The standard InChI is InChI=1S/C25H23Cl2FN2O4/c1-3-32-22-10-7-18(13-23(22)33-4-2)25(31)30-29-14-17-11-20(26)24(21(27)12-17)34-15-16-5-8-19(28)9-6-16/h5-14H,3-4,15H2,1-2H3,(H,30,31)/b29-14+. The second-order valence-electron chi connectivity index (χ2n) is 6.96. The van der Waals surface area contributed by atoms with E-state index in [-0.39, 0.29) is 22.5 Å². The van der Waals surface area contributed by atoms with Crippen molar-refractivity contribution in [3.8, 4) is 17.2 Å². The van der Waals surface area contributed by atoms with Gasteiger partial charge in [-0.2, -0.15) is 5.10 Å². The molecule has 9 heteroatoms. The summed E-state index contributed by atoms with van der Waals surface area (Å²) in [5.41, 5.74) is 4.15. The van der Waals surface area contributed by atoms with Crippen LogP contribution in [-0.4, -0.2) is 25.3 Å². The lowest BCUT2D eigenvalue weighted by molar-refractivity contribution is 0.0954. The first-order chi connectivity index (χ1) is 16.4. The van der Waals surface area contributed by atoms with Crippen molar-refractivity contribution in [1.82, 2.24) is 5.43 Å². The van der Waals surface area contributed by atoms with E-state index in [4.69, 9.17) is 37.4 Å². The van der Waals surface area contributed by atoms with Gasteiger partial charge in [0.15, 0.2) is 17.2 Å². The van der Waals surface area contributed by atoms with Crippen molar-refractivity contribution >= 4 is 35.3 Å². The van der Waals surface area contributed by atoms with Crippen LogP contribution in [0.15, 0.2) is 59.7 Å². The summed E-state index contributed by atoms with van der Waals surface area (Å²) < 4.78 is 29.8. The highest BCUT2D eigenvalue weighted by molar-refractivity contribution is 6.37. The van der Waals surface area contributed by atoms with Crippen LogP contribution in [0.3, 0.4) is 0 Å². The van der Waals surface area contributed by atoms with E-state index in [9.17, 15) is 9.18 Å². The molecule has 178 valence electrons. The van der Waals surface area contributed by atoms with Crippen molar-refractivity contribution in [3.05, 3.63) is 87.2 Å². The first-order valence-corrected chi connectivity index (χ1v) is 11.3. The topological polar surface area (TPSA) is 69.2 Å². The third-order valence-corrected chi connectivity index (χ3v) is 5.06. The lowest BCUT2D eigenvalue weighted by Crippen LogP contribution is -2.17. The molecule has 0 aliphatic heterocycles. The fourth-order valence-corrected chi connectivity index (χ4v) is 3.56. The molecule has 1 N–H and O–H groups in total. The predicted molar refractivity (Wildman–Crippen MR) is 131 cm³/mol. The Balaban J connectivity index is 1.64. The van der Waals surface area contributed by atoms with Gasteiger partial charge in [-0.1, -0.05) is 35.3 Å². The zero-order chi connectivity index (χ0) is 24.5. The van der Waals surface area contributed by atoms with Crippen molar-refractivity contribution in [2.45, 2.75) is 20.5 Å². The number of amides is 1. The Hall–Kier alpha value is -3.29. The summed E-state index contributed by atoms with van der Waals surface area (Å²) in [6, 6.07) is 14.0. The third-order valence-electron chi connectivity index (χ3n) is 4.50. The van der Waals surface area contributed by atoms with Crippen LogP contribution in [0.2, 0.25) is 10.0 Å². The quantitative estimate of drug-likeness (QED) is 0.260. The van der Waals surface area contributed by atoms with Crippen molar-refractivity contribution in [2.24, 2.45) is 5.10 Å². The number of hydrazone groups is 1. The number of ether oxygens (including phenoxy) is 3. The molecule has 0 fully saturated rings. The Kier molecular flexibility index (Phi) is 9.13. The van der Waals surface area contributed by atoms with Crippen LogP contribution in [-0.2, 0) is 6.61 Å². The Morgan fingerprint density at radius 3 is 2.24 bits per heavy atom. The maximum atomic E-state index is 13.0. The van der Waals surface area contributed by atoms with Gasteiger partial charge >= 0.3 is 0 Å². The van der Waals surface area contributed by atoms with Gasteiger partial charge in [0.05, 0.1) is 29.5 Å². The summed E-state index contributed by atoms with van der Waals surface area (Å²) in [5.74, 6) is 0.599. The largest absolute Gasteiger partial charge is 0.490 e. The molecule has 0 aromatic heterocycles. The molecular formula is C25H23Cl2FN2O4. The van der Waals surface area contributed by atoms with Crippen LogP contribution in [0.4, 0.5) is 4.39 Å². The molecule has 0 aliphatic carbocycles. The normalized spacial score (nSPS) is 10.9. The van der Waals surface area contributed by atoms with Crippen molar-refractivity contribution in [2.75, 3.05) is 13.2 Å². The molecule has 34 heavy (non-hydrogen) atoms. The lowest BCUT2D eigenvalue weighted by Gasteiger charge is -2.12. The molecule has 0 saturated carbocycles. The van der Waals surface area contributed by atoms with Crippen LogP contribution in [0.25, 0.3) is 0 Å². The molecule has 0 aliphatic rings. The van der Waals surface area contributed by atoms with Gasteiger partial charge < -0.3 is 14.2 Å². The number of carbonyl (C=O) groups excluding carboxylic acids is 1. The molecule has 0 atom stereocenters. The van der Waals surface area contributed by atoms with Gasteiger partial charge in [0.25, 0.3) is 5.91 Å². The summed E-state index contributed by atoms with van der Waals surface area (Å²) in [4.78, 5) is 12.5. The molecule has 1 amide bonds. The molecule has 3 aromatic carbocycles. The average molecular weight is 505 g/mol. The van der Waals surface area contributed by atoms with Crippen molar-refractivity contribution in [1.29, 1.82) is 0 Å². The van der Waals surface area contributed by atoms with Gasteiger partial charge in [-0.05, 0) is 67.4 Å². The summed E-state index contributed by atoms with van der Waals surface area (Å²) in [5, 5.41) is 4.52. The number of halogens is 3. The molecule has 0 unspecified atom stereocenters. The second-order valence-corrected chi connectivity index (χ2v) is 7.77. The van der Waals surface area contributed by atoms with Crippen LogP contribution in [0.5, 0.6) is 17.2 Å². The first-order valence-electron chi connectivity index (χ1n) is 10.5. The Labute approximate surface area is 207 Å². The van der Waals surface area contributed by atoms with Crippen LogP contribution in [0.1, 0.15) is 35.3 Å². The minimum Gasteiger partial charge on any atom is -0.490 e. The van der Waals surface area contributed by atoms with E-state index in [0.29, 0.717) is 41.6 Å². The maximum Gasteiger partial charge on any atom is 0.271 e. The molecule has 0 spiro atoms. The number of carbonyl (C=O) groups is 1. The molecule has 6 nitrogen and oxygen atoms in total. The smallest absolute Gasteiger partial charge is 0.271 e. The number of hydrogen-bond acceptors (Lipinski definition) is 5. The van der Waals surface area contributed by atoms with Crippen molar-refractivity contribution in [3.63, 3.8) is 0 Å². The maximum absolute atomic E-state index is 13.0. The van der Waals surface area contributed by atoms with E-state index in [1.807, 2.05) is 13.8 Å². The highest BCUT2D eigenvalue weighted by atomic mass is 35.5. The Morgan fingerprint density at radius 1 is 0.941 bits per heavy atom. The average Bonchev–Trinajstić information content (AvgIpc) is 2.81. The summed E-state index contributed by atoms with van der Waals surface area (Å²) in [7, 11) is 0. The third kappa shape index (κ3) is 6.85. The Bertz CT molecular complexity index is 1150. The van der Waals surface area contributed by atoms with Crippen LogP contribution >= 0.6 is 23.2 Å². The molecule has 3 aromatic rings. The van der Waals surface area contributed by atoms with Crippen molar-refractivity contribution < 1.29 is 23.4 Å². The molecule has 0 bridgehead atoms. The fraction of sp³-hybridized carbons (Fsp3) is 0.200. The Morgan fingerprint density at radius 2 is 1.59 bits per heavy atom. The van der Waals surface area contributed by atoms with E-state index >= 15 is 0 Å². The zero-order valence-electron chi connectivity index (χ0n) is 18.6. The van der Waals surface area contributed by atoms with E-state index in [0.717, 1.165) is 5.56 Å². The van der Waals surface area contributed by atoms with Gasteiger partial charge in [0, 0.05) is 5.56 Å². The van der Waals surface area contributed by atoms with E-state index < -0.39 is 5.91 Å². The summed E-state index contributed by atoms with van der Waals surface area (Å²) in [6.07, 6.45) is 1.41. The molecule has 0 saturated heterocycles. The SMILES string of the molecule is CCOc1ccc(C(=O)N/N=C/c2cc(Cl)c(OCc3ccc(F)cc3)c(Cl)c2)cc1OCC. The van der Waals surface area contributed by atoms with Gasteiger partial charge in [-0.3, -0.25) is 4.79 Å². The zero-order valence-corrected chi connectivity index (χ0v) is 20.1. The number of rotatable bonds is 10. The second kappa shape index (κ2) is 12.3. The molecular weight excluding hydrogens is 482 g/mol. The predicted octanol–water partition coefficient (Wildman–Crippen LogP) is 6.27. The highest BCUT2D eigenvalue weighted by Gasteiger charge is 2.12. The molecule has 3 rings (SSSR count). The monoisotopic (exact) mass is 504 g/mol. The van der Waals surface area contributed by atoms with E-state index in [2.05, 4.69) is 10.5 Å². The van der Waals surface area contributed by atoms with E-state index in [1.165, 1.54) is 18.3 Å². The lowest BCUT2D eigenvalue weighted by atomic mass is 10.2. The van der Waals surface area contributed by atoms with Gasteiger partial charge in [-0.15, -0.1) is 0 Å². The van der Waals surface area contributed by atoms with E-state index in [1.54, 1.807) is 42.5 Å². The van der Waals surface area contributed by atoms with Gasteiger partial charge in [-0.25, -0.2) is 9.82 Å². The molecule has 0 heterocycles. The summed E-state index contributed by atoms with van der Waals surface area (Å²) in [6.45, 7) is 4.82. The molecule has 0 radical (unpaired) electrons. The van der Waals surface area contributed by atoms with Crippen LogP contribution in [0, 0.1) is 5.82 Å². The highest BCUT2D eigenvalue weighted by Crippen LogP contribution is 2.34. The van der Waals surface area contributed by atoms with Crippen LogP contribution < -0.4 is 19.6 Å². The minimum absolute atomic E-state index is 0.176.